The normalized spacial score (nSPS) is 26.8. The van der Waals surface area contributed by atoms with Gasteiger partial charge in [-0.3, -0.25) is 4.79 Å². The lowest BCUT2D eigenvalue weighted by molar-refractivity contribution is -0.155. The maximum atomic E-state index is 11.4. The number of rotatable bonds is 3. The Kier molecular flexibility index (Phi) is 3.27. The topological polar surface area (TPSA) is 61.6 Å². The monoisotopic (exact) mass is 187 g/mol. The van der Waals surface area contributed by atoms with Gasteiger partial charge in [0.15, 0.2) is 0 Å². The van der Waals surface area contributed by atoms with Crippen LogP contribution in [-0.2, 0) is 14.3 Å². The Balaban J connectivity index is 2.39. The van der Waals surface area contributed by atoms with Gasteiger partial charge in [0.05, 0.1) is 13.2 Å². The SMILES string of the molecule is CCC(C)(N)C(=O)OC1CCOC1. The zero-order valence-electron chi connectivity index (χ0n) is 8.21. The molecule has 1 aliphatic heterocycles. The Morgan fingerprint density at radius 2 is 2.46 bits per heavy atom. The molecule has 0 aromatic heterocycles. The molecule has 0 bridgehead atoms. The zero-order chi connectivity index (χ0) is 9.90. The average molecular weight is 187 g/mol. The van der Waals surface area contributed by atoms with E-state index in [1.54, 1.807) is 6.92 Å². The van der Waals surface area contributed by atoms with Crippen LogP contribution < -0.4 is 5.73 Å². The predicted octanol–water partition coefficient (Wildman–Crippen LogP) is 0.446. The highest BCUT2D eigenvalue weighted by Gasteiger charge is 2.31. The molecule has 0 aliphatic carbocycles. The fraction of sp³-hybridized carbons (Fsp3) is 0.889. The highest BCUT2D eigenvalue weighted by Crippen LogP contribution is 2.13. The molecule has 0 spiro atoms. The van der Waals surface area contributed by atoms with E-state index >= 15 is 0 Å². The van der Waals surface area contributed by atoms with E-state index in [1.807, 2.05) is 6.92 Å². The number of carbonyl (C=O) groups excluding carboxylic acids is 1. The van der Waals surface area contributed by atoms with E-state index in [4.69, 9.17) is 15.2 Å². The third-order valence-electron chi connectivity index (χ3n) is 2.36. The van der Waals surface area contributed by atoms with Crippen molar-refractivity contribution in [1.82, 2.24) is 0 Å². The van der Waals surface area contributed by atoms with Gasteiger partial charge in [0.25, 0.3) is 0 Å². The lowest BCUT2D eigenvalue weighted by Gasteiger charge is -2.22. The van der Waals surface area contributed by atoms with E-state index in [2.05, 4.69) is 0 Å². The van der Waals surface area contributed by atoms with Gasteiger partial charge in [-0.25, -0.2) is 0 Å². The molecule has 4 heteroatoms. The van der Waals surface area contributed by atoms with Gasteiger partial charge < -0.3 is 15.2 Å². The summed E-state index contributed by atoms with van der Waals surface area (Å²) in [5.74, 6) is -0.328. The smallest absolute Gasteiger partial charge is 0.326 e. The van der Waals surface area contributed by atoms with Crippen molar-refractivity contribution in [3.8, 4) is 0 Å². The van der Waals surface area contributed by atoms with Crippen molar-refractivity contribution in [3.05, 3.63) is 0 Å². The number of hydrogen-bond donors (Lipinski definition) is 1. The van der Waals surface area contributed by atoms with Crippen LogP contribution in [0.2, 0.25) is 0 Å². The van der Waals surface area contributed by atoms with Crippen LogP contribution in [-0.4, -0.2) is 30.8 Å². The molecule has 1 fully saturated rings. The summed E-state index contributed by atoms with van der Waals surface area (Å²) >= 11 is 0. The zero-order valence-corrected chi connectivity index (χ0v) is 8.21. The molecule has 1 saturated heterocycles. The summed E-state index contributed by atoms with van der Waals surface area (Å²) < 4.78 is 10.3. The molecule has 4 nitrogen and oxygen atoms in total. The van der Waals surface area contributed by atoms with E-state index in [-0.39, 0.29) is 12.1 Å². The maximum Gasteiger partial charge on any atom is 0.326 e. The van der Waals surface area contributed by atoms with Crippen LogP contribution in [0.4, 0.5) is 0 Å². The summed E-state index contributed by atoms with van der Waals surface area (Å²) in [4.78, 5) is 11.4. The first-order chi connectivity index (χ1) is 6.06. The minimum Gasteiger partial charge on any atom is -0.458 e. The van der Waals surface area contributed by atoms with Gasteiger partial charge in [0, 0.05) is 6.42 Å². The molecule has 1 aliphatic rings. The van der Waals surface area contributed by atoms with E-state index in [0.29, 0.717) is 19.6 Å². The number of ether oxygens (including phenoxy) is 2. The summed E-state index contributed by atoms with van der Waals surface area (Å²) in [5, 5.41) is 0. The lowest BCUT2D eigenvalue weighted by Crippen LogP contribution is -2.46. The van der Waals surface area contributed by atoms with Crippen molar-refractivity contribution in [3.63, 3.8) is 0 Å². The summed E-state index contributed by atoms with van der Waals surface area (Å²) in [6, 6.07) is 0. The molecular formula is C9H17NO3. The van der Waals surface area contributed by atoms with Crippen LogP contribution in [0.15, 0.2) is 0 Å². The molecule has 13 heavy (non-hydrogen) atoms. The number of hydrogen-bond acceptors (Lipinski definition) is 4. The summed E-state index contributed by atoms with van der Waals surface area (Å²) in [6.07, 6.45) is 1.27. The van der Waals surface area contributed by atoms with Gasteiger partial charge in [-0.1, -0.05) is 6.92 Å². The third kappa shape index (κ3) is 2.67. The van der Waals surface area contributed by atoms with Crippen molar-refractivity contribution in [2.24, 2.45) is 5.73 Å². The molecule has 2 unspecified atom stereocenters. The van der Waals surface area contributed by atoms with Gasteiger partial charge in [-0.2, -0.15) is 0 Å². The molecular weight excluding hydrogens is 170 g/mol. The van der Waals surface area contributed by atoms with Crippen molar-refractivity contribution < 1.29 is 14.3 Å². The highest BCUT2D eigenvalue weighted by atomic mass is 16.6. The summed E-state index contributed by atoms with van der Waals surface area (Å²) in [6.45, 7) is 4.73. The van der Waals surface area contributed by atoms with Crippen LogP contribution in [0.3, 0.4) is 0 Å². The minimum absolute atomic E-state index is 0.0954. The van der Waals surface area contributed by atoms with E-state index in [9.17, 15) is 4.79 Å². The molecule has 76 valence electrons. The predicted molar refractivity (Wildman–Crippen MR) is 48.2 cm³/mol. The second-order valence-corrected chi connectivity index (χ2v) is 3.66. The highest BCUT2D eigenvalue weighted by molar-refractivity contribution is 5.80. The van der Waals surface area contributed by atoms with Crippen molar-refractivity contribution >= 4 is 5.97 Å². The first kappa shape index (κ1) is 10.5. The molecule has 2 N–H and O–H groups in total. The second-order valence-electron chi connectivity index (χ2n) is 3.66. The second kappa shape index (κ2) is 4.07. The van der Waals surface area contributed by atoms with Crippen molar-refractivity contribution in [1.29, 1.82) is 0 Å². The molecule has 2 atom stereocenters. The van der Waals surface area contributed by atoms with Crippen LogP contribution in [0.1, 0.15) is 26.7 Å². The average Bonchev–Trinajstić information content (AvgIpc) is 2.57. The lowest BCUT2D eigenvalue weighted by atomic mass is 10.0. The Hall–Kier alpha value is -0.610. The fourth-order valence-electron chi connectivity index (χ4n) is 1.04. The van der Waals surface area contributed by atoms with Crippen LogP contribution in [0.25, 0.3) is 0 Å². The molecule has 1 heterocycles. The molecule has 0 aromatic carbocycles. The number of nitrogens with two attached hydrogens (primary N) is 1. The van der Waals surface area contributed by atoms with Gasteiger partial charge in [0.2, 0.25) is 0 Å². The van der Waals surface area contributed by atoms with E-state index in [1.165, 1.54) is 0 Å². The van der Waals surface area contributed by atoms with Gasteiger partial charge in [0.1, 0.15) is 11.6 Å². The first-order valence-electron chi connectivity index (χ1n) is 4.64. The van der Waals surface area contributed by atoms with Gasteiger partial charge in [-0.05, 0) is 13.3 Å². The minimum atomic E-state index is -0.859. The van der Waals surface area contributed by atoms with Crippen molar-refractivity contribution in [2.45, 2.75) is 38.3 Å². The Morgan fingerprint density at radius 1 is 1.77 bits per heavy atom. The third-order valence-corrected chi connectivity index (χ3v) is 2.36. The quantitative estimate of drug-likeness (QED) is 0.651. The Labute approximate surface area is 78.4 Å². The van der Waals surface area contributed by atoms with Gasteiger partial charge in [-0.15, -0.1) is 0 Å². The first-order valence-corrected chi connectivity index (χ1v) is 4.64. The van der Waals surface area contributed by atoms with E-state index in [0.717, 1.165) is 6.42 Å². The largest absolute Gasteiger partial charge is 0.458 e. The van der Waals surface area contributed by atoms with Crippen LogP contribution in [0, 0.1) is 0 Å². The number of carbonyl (C=O) groups is 1. The Morgan fingerprint density at radius 3 is 2.92 bits per heavy atom. The molecule has 1 rings (SSSR count). The fourth-order valence-corrected chi connectivity index (χ4v) is 1.04. The Bertz CT molecular complexity index is 185. The molecule has 0 amide bonds. The maximum absolute atomic E-state index is 11.4. The van der Waals surface area contributed by atoms with Crippen LogP contribution in [0.5, 0.6) is 0 Å². The number of esters is 1. The van der Waals surface area contributed by atoms with Crippen molar-refractivity contribution in [2.75, 3.05) is 13.2 Å². The summed E-state index contributed by atoms with van der Waals surface area (Å²) in [7, 11) is 0. The molecule has 0 radical (unpaired) electrons. The standard InChI is InChI=1S/C9H17NO3/c1-3-9(2,10)8(11)13-7-4-5-12-6-7/h7H,3-6,10H2,1-2H3. The molecule has 0 saturated carbocycles. The molecule has 0 aromatic rings. The summed E-state index contributed by atoms with van der Waals surface area (Å²) in [5.41, 5.74) is 4.86. The van der Waals surface area contributed by atoms with Crippen LogP contribution >= 0.6 is 0 Å². The van der Waals surface area contributed by atoms with E-state index < -0.39 is 5.54 Å². The van der Waals surface area contributed by atoms with Gasteiger partial charge >= 0.3 is 5.97 Å².